The third kappa shape index (κ3) is 7.66. The van der Waals surface area contributed by atoms with Crippen molar-refractivity contribution >= 4 is 0 Å². The van der Waals surface area contributed by atoms with Gasteiger partial charge < -0.3 is 0 Å². The van der Waals surface area contributed by atoms with Gasteiger partial charge in [-0.05, 0) is 18.3 Å². The molecule has 0 rings (SSSR count). The highest BCUT2D eigenvalue weighted by Crippen LogP contribution is 2.13. The van der Waals surface area contributed by atoms with Gasteiger partial charge in [0.1, 0.15) is 0 Å². The molecule has 0 aliphatic carbocycles. The molecule has 0 aliphatic heterocycles. The van der Waals surface area contributed by atoms with Gasteiger partial charge in [-0.25, -0.2) is 0 Å². The van der Waals surface area contributed by atoms with Crippen LogP contribution < -0.4 is 0 Å². The molecule has 0 aliphatic rings. The first-order valence-corrected chi connectivity index (χ1v) is 5.00. The van der Waals surface area contributed by atoms with Crippen LogP contribution in [0, 0.1) is 29.6 Å². The molecule has 0 unspecified atom stereocenters. The maximum atomic E-state index is 3.24. The van der Waals surface area contributed by atoms with E-state index in [4.69, 9.17) is 0 Å². The lowest BCUT2D eigenvalue weighted by Crippen LogP contribution is -1.98. The fraction of sp³-hybridized carbons (Fsp3) is 0.833. The Morgan fingerprint density at radius 3 is 2.00 bits per heavy atom. The second kappa shape index (κ2) is 6.12. The normalized spacial score (nSPS) is 12.9. The van der Waals surface area contributed by atoms with Crippen LogP contribution >= 0.6 is 0 Å². The van der Waals surface area contributed by atoms with Gasteiger partial charge >= 0.3 is 0 Å². The minimum atomic E-state index is 0.524. The summed E-state index contributed by atoms with van der Waals surface area (Å²) >= 11 is 0. The minimum absolute atomic E-state index is 0.524. The quantitative estimate of drug-likeness (QED) is 0.561. The monoisotopic (exact) mass is 166 g/mol. The first kappa shape index (κ1) is 11.6. The van der Waals surface area contributed by atoms with Crippen LogP contribution in [0.3, 0.4) is 0 Å². The van der Waals surface area contributed by atoms with E-state index in [1.807, 2.05) is 0 Å². The topological polar surface area (TPSA) is 0 Å². The molecule has 0 heterocycles. The van der Waals surface area contributed by atoms with Crippen LogP contribution in [0.25, 0.3) is 0 Å². The van der Waals surface area contributed by atoms with Crippen LogP contribution in [0.4, 0.5) is 0 Å². The Hall–Kier alpha value is -0.440. The van der Waals surface area contributed by atoms with Crippen molar-refractivity contribution < 1.29 is 0 Å². The molecule has 0 saturated heterocycles. The minimum Gasteiger partial charge on any atom is -0.103 e. The van der Waals surface area contributed by atoms with E-state index in [2.05, 4.69) is 46.5 Å². The molecule has 0 fully saturated rings. The van der Waals surface area contributed by atoms with Gasteiger partial charge in [-0.1, -0.05) is 34.6 Å². The molecule has 0 aromatic rings. The molecule has 0 spiro atoms. The highest BCUT2D eigenvalue weighted by atomic mass is 14.1. The van der Waals surface area contributed by atoms with E-state index in [9.17, 15) is 0 Å². The summed E-state index contributed by atoms with van der Waals surface area (Å²) in [6, 6.07) is 0. The highest BCUT2D eigenvalue weighted by Gasteiger charge is 2.02. The molecule has 0 radical (unpaired) electrons. The Balaban J connectivity index is 3.58. The average Bonchev–Trinajstić information content (AvgIpc) is 1.84. The van der Waals surface area contributed by atoms with Crippen LogP contribution in [-0.2, 0) is 0 Å². The smallest absolute Gasteiger partial charge is 0.0146 e. The predicted molar refractivity (Wildman–Crippen MR) is 55.9 cm³/mol. The van der Waals surface area contributed by atoms with Crippen LogP contribution in [0.1, 0.15) is 47.5 Å². The Kier molecular flexibility index (Phi) is 5.89. The number of rotatable bonds is 3. The molecule has 12 heavy (non-hydrogen) atoms. The van der Waals surface area contributed by atoms with Crippen molar-refractivity contribution in [2.45, 2.75) is 47.5 Å². The van der Waals surface area contributed by atoms with Crippen LogP contribution in [-0.4, -0.2) is 0 Å². The van der Waals surface area contributed by atoms with E-state index in [0.717, 1.165) is 18.3 Å². The van der Waals surface area contributed by atoms with Gasteiger partial charge in [-0.3, -0.25) is 0 Å². The second-order valence-electron chi connectivity index (χ2n) is 4.41. The van der Waals surface area contributed by atoms with E-state index in [1.165, 1.54) is 6.42 Å². The summed E-state index contributed by atoms with van der Waals surface area (Å²) in [5.74, 6) is 8.53. The molecule has 0 amide bonds. The molecule has 0 N–H and O–H groups in total. The fourth-order valence-corrected chi connectivity index (χ4v) is 1.33. The lowest BCUT2D eigenvalue weighted by Gasteiger charge is -2.09. The molecule has 1 atom stereocenters. The first-order chi connectivity index (χ1) is 5.52. The molecular formula is C12H22. The zero-order valence-electron chi connectivity index (χ0n) is 9.15. The van der Waals surface area contributed by atoms with Crippen molar-refractivity contribution in [3.8, 4) is 11.8 Å². The lowest BCUT2D eigenvalue weighted by molar-refractivity contribution is 0.447. The highest BCUT2D eigenvalue weighted by molar-refractivity contribution is 5.01. The zero-order chi connectivity index (χ0) is 9.56. The summed E-state index contributed by atoms with van der Waals surface area (Å²) in [7, 11) is 0. The molecule has 0 aromatic carbocycles. The van der Waals surface area contributed by atoms with Gasteiger partial charge in [0.25, 0.3) is 0 Å². The van der Waals surface area contributed by atoms with Crippen molar-refractivity contribution in [2.75, 3.05) is 0 Å². The lowest BCUT2D eigenvalue weighted by atomic mass is 9.96. The molecule has 0 bridgehead atoms. The van der Waals surface area contributed by atoms with Crippen molar-refractivity contribution in [1.82, 2.24) is 0 Å². The Morgan fingerprint density at radius 2 is 1.58 bits per heavy atom. The average molecular weight is 166 g/mol. The zero-order valence-corrected chi connectivity index (χ0v) is 9.15. The fourth-order valence-electron chi connectivity index (χ4n) is 1.33. The van der Waals surface area contributed by atoms with E-state index < -0.39 is 0 Å². The standard InChI is InChI=1S/C12H22/c1-10(2)7-6-8-12(5)9-11(3)4/h10-12H,8-9H2,1-5H3/t12-/m0/s1. The second-order valence-corrected chi connectivity index (χ2v) is 4.41. The van der Waals surface area contributed by atoms with Crippen molar-refractivity contribution in [3.63, 3.8) is 0 Å². The van der Waals surface area contributed by atoms with Gasteiger partial charge in [-0.15, -0.1) is 11.8 Å². The molecule has 0 saturated carbocycles. The largest absolute Gasteiger partial charge is 0.103 e. The van der Waals surface area contributed by atoms with Crippen molar-refractivity contribution in [1.29, 1.82) is 0 Å². The van der Waals surface area contributed by atoms with Crippen molar-refractivity contribution in [3.05, 3.63) is 0 Å². The van der Waals surface area contributed by atoms with Gasteiger partial charge in [-0.2, -0.15) is 0 Å². The van der Waals surface area contributed by atoms with Crippen LogP contribution in [0.5, 0.6) is 0 Å². The molecule has 70 valence electrons. The van der Waals surface area contributed by atoms with Gasteiger partial charge in [0.05, 0.1) is 0 Å². The molecular weight excluding hydrogens is 144 g/mol. The Bertz CT molecular complexity index is 155. The summed E-state index contributed by atoms with van der Waals surface area (Å²) in [5.41, 5.74) is 0. The van der Waals surface area contributed by atoms with Crippen molar-refractivity contribution in [2.24, 2.45) is 17.8 Å². The molecule has 0 aromatic heterocycles. The maximum absolute atomic E-state index is 3.24. The Morgan fingerprint density at radius 1 is 1.00 bits per heavy atom. The van der Waals surface area contributed by atoms with E-state index in [-0.39, 0.29) is 0 Å². The van der Waals surface area contributed by atoms with E-state index in [1.54, 1.807) is 0 Å². The molecule has 0 nitrogen and oxygen atoms in total. The SMILES string of the molecule is CC(C)C#CC[C@H](C)CC(C)C. The Labute approximate surface area is 77.8 Å². The third-order valence-corrected chi connectivity index (χ3v) is 1.72. The third-order valence-electron chi connectivity index (χ3n) is 1.72. The number of hydrogen-bond donors (Lipinski definition) is 0. The molecule has 0 heteroatoms. The van der Waals surface area contributed by atoms with E-state index >= 15 is 0 Å². The summed E-state index contributed by atoms with van der Waals surface area (Å²) < 4.78 is 0. The summed E-state index contributed by atoms with van der Waals surface area (Å²) in [5, 5.41) is 0. The maximum Gasteiger partial charge on any atom is 0.0146 e. The predicted octanol–water partition coefficient (Wildman–Crippen LogP) is 3.72. The van der Waals surface area contributed by atoms with Crippen LogP contribution in [0.15, 0.2) is 0 Å². The van der Waals surface area contributed by atoms with Crippen LogP contribution in [0.2, 0.25) is 0 Å². The van der Waals surface area contributed by atoms with Gasteiger partial charge in [0.2, 0.25) is 0 Å². The van der Waals surface area contributed by atoms with Gasteiger partial charge in [0, 0.05) is 12.3 Å². The number of hydrogen-bond acceptors (Lipinski definition) is 0. The van der Waals surface area contributed by atoms with E-state index in [0.29, 0.717) is 5.92 Å². The summed E-state index contributed by atoms with van der Waals surface area (Å²) in [4.78, 5) is 0. The summed E-state index contributed by atoms with van der Waals surface area (Å²) in [6.07, 6.45) is 2.36. The van der Waals surface area contributed by atoms with Gasteiger partial charge in [0.15, 0.2) is 0 Å². The first-order valence-electron chi connectivity index (χ1n) is 5.00. The summed E-state index contributed by atoms with van der Waals surface area (Å²) in [6.45, 7) is 11.1.